The van der Waals surface area contributed by atoms with Crippen molar-refractivity contribution in [2.24, 2.45) is 0 Å². The highest BCUT2D eigenvalue weighted by Crippen LogP contribution is 2.20. The molecule has 0 saturated heterocycles. The quantitative estimate of drug-likeness (QED) is 0.579. The number of rotatable bonds is 7. The van der Waals surface area contributed by atoms with Crippen LogP contribution in [0.3, 0.4) is 0 Å². The molecule has 0 aromatic rings. The zero-order chi connectivity index (χ0) is 16.0. The Morgan fingerprint density at radius 2 is 2.00 bits per heavy atom. The van der Waals surface area contributed by atoms with E-state index in [0.717, 1.165) is 24.8 Å². The summed E-state index contributed by atoms with van der Waals surface area (Å²) in [5.74, 6) is -0.335. The van der Waals surface area contributed by atoms with Crippen molar-refractivity contribution in [3.63, 3.8) is 0 Å². The molecule has 0 amide bonds. The van der Waals surface area contributed by atoms with Crippen LogP contribution in [0.2, 0.25) is 0 Å². The van der Waals surface area contributed by atoms with Gasteiger partial charge in [0.2, 0.25) is 5.78 Å². The fourth-order valence-corrected chi connectivity index (χ4v) is 2.12. The van der Waals surface area contributed by atoms with Crippen LogP contribution in [0.1, 0.15) is 46.5 Å². The first-order chi connectivity index (χ1) is 9.73. The summed E-state index contributed by atoms with van der Waals surface area (Å²) in [5, 5.41) is 9.65. The molecule has 0 saturated carbocycles. The Morgan fingerprint density at radius 1 is 1.33 bits per heavy atom. The molecule has 21 heavy (non-hydrogen) atoms. The lowest BCUT2D eigenvalue weighted by Crippen LogP contribution is -2.17. The van der Waals surface area contributed by atoms with Gasteiger partial charge in [-0.25, -0.2) is 0 Å². The number of methoxy groups -OCH3 is 1. The van der Waals surface area contributed by atoms with Crippen LogP contribution >= 0.6 is 0 Å². The van der Waals surface area contributed by atoms with E-state index in [9.17, 15) is 14.7 Å². The predicted octanol–water partition coefficient (Wildman–Crippen LogP) is 2.87. The summed E-state index contributed by atoms with van der Waals surface area (Å²) < 4.78 is 4.91. The molecule has 1 rings (SSSR count). The molecule has 4 heteroatoms. The summed E-state index contributed by atoms with van der Waals surface area (Å²) in [6.07, 6.45) is 7.46. The molecule has 0 radical (unpaired) electrons. The molecule has 0 bridgehead atoms. The van der Waals surface area contributed by atoms with Crippen LogP contribution in [0.15, 0.2) is 35.1 Å². The molecule has 0 spiro atoms. The molecule has 0 aromatic heterocycles. The van der Waals surface area contributed by atoms with Gasteiger partial charge < -0.3 is 9.84 Å². The SMILES string of the molecule is COC1=CC(=O)C=C(C/C=C(/C)CCCC(C)(C)O)C1=O. The van der Waals surface area contributed by atoms with Crippen LogP contribution in [0.4, 0.5) is 0 Å². The maximum Gasteiger partial charge on any atom is 0.224 e. The minimum Gasteiger partial charge on any atom is -0.493 e. The van der Waals surface area contributed by atoms with E-state index < -0.39 is 5.60 Å². The Bertz CT molecular complexity index is 501. The molecule has 1 aliphatic rings. The van der Waals surface area contributed by atoms with Gasteiger partial charge in [0.05, 0.1) is 12.7 Å². The van der Waals surface area contributed by atoms with E-state index in [4.69, 9.17) is 4.74 Å². The van der Waals surface area contributed by atoms with Crippen molar-refractivity contribution < 1.29 is 19.4 Å². The molecule has 0 fully saturated rings. The zero-order valence-corrected chi connectivity index (χ0v) is 13.2. The number of ketones is 2. The van der Waals surface area contributed by atoms with Crippen LogP contribution in [0, 0.1) is 0 Å². The number of allylic oxidation sites excluding steroid dienone is 5. The summed E-state index contributed by atoms with van der Waals surface area (Å²) in [6.45, 7) is 5.58. The number of hydrogen-bond acceptors (Lipinski definition) is 4. The molecule has 0 aliphatic heterocycles. The Morgan fingerprint density at radius 3 is 2.57 bits per heavy atom. The molecule has 0 heterocycles. The Hall–Kier alpha value is -1.68. The van der Waals surface area contributed by atoms with E-state index >= 15 is 0 Å². The summed E-state index contributed by atoms with van der Waals surface area (Å²) in [6, 6.07) is 0. The van der Waals surface area contributed by atoms with Gasteiger partial charge in [0.15, 0.2) is 11.5 Å². The molecule has 0 aromatic carbocycles. The summed E-state index contributed by atoms with van der Waals surface area (Å²) >= 11 is 0. The van der Waals surface area contributed by atoms with Crippen LogP contribution in [0.25, 0.3) is 0 Å². The third-order valence-corrected chi connectivity index (χ3v) is 3.36. The predicted molar refractivity (Wildman–Crippen MR) is 81.7 cm³/mol. The molecular weight excluding hydrogens is 268 g/mol. The topological polar surface area (TPSA) is 63.6 Å². The fraction of sp³-hybridized carbons (Fsp3) is 0.529. The second-order valence-corrected chi connectivity index (χ2v) is 6.03. The minimum absolute atomic E-state index is 0.102. The fourth-order valence-electron chi connectivity index (χ4n) is 2.12. The van der Waals surface area contributed by atoms with E-state index in [1.165, 1.54) is 19.3 Å². The van der Waals surface area contributed by atoms with Crippen molar-refractivity contribution in [2.75, 3.05) is 7.11 Å². The van der Waals surface area contributed by atoms with Gasteiger partial charge in [0.1, 0.15) is 0 Å². The standard InChI is InChI=1S/C17H24O4/c1-12(6-5-9-17(2,3)20)7-8-13-10-14(18)11-15(21-4)16(13)19/h7,10-11,20H,5-6,8-9H2,1-4H3/b12-7-. The second-order valence-electron chi connectivity index (χ2n) is 6.03. The van der Waals surface area contributed by atoms with Crippen molar-refractivity contribution in [1.29, 1.82) is 0 Å². The number of carbonyl (C=O) groups is 2. The normalized spacial score (nSPS) is 16.7. The second kappa shape index (κ2) is 7.36. The average molecular weight is 292 g/mol. The van der Waals surface area contributed by atoms with E-state index in [1.54, 1.807) is 13.8 Å². The molecule has 0 unspecified atom stereocenters. The zero-order valence-electron chi connectivity index (χ0n) is 13.2. The third kappa shape index (κ3) is 6.08. The van der Waals surface area contributed by atoms with Crippen molar-refractivity contribution in [2.45, 2.75) is 52.1 Å². The smallest absolute Gasteiger partial charge is 0.224 e. The van der Waals surface area contributed by atoms with E-state index in [0.29, 0.717) is 12.0 Å². The average Bonchev–Trinajstić information content (AvgIpc) is 2.37. The maximum absolute atomic E-state index is 12.0. The minimum atomic E-state index is -0.646. The first kappa shape index (κ1) is 17.4. The van der Waals surface area contributed by atoms with Gasteiger partial charge in [0, 0.05) is 11.6 Å². The summed E-state index contributed by atoms with van der Waals surface area (Å²) in [4.78, 5) is 23.5. The molecule has 0 atom stereocenters. The Labute approximate surface area is 126 Å². The number of ether oxygens (including phenoxy) is 1. The van der Waals surface area contributed by atoms with Crippen molar-refractivity contribution in [3.05, 3.63) is 35.1 Å². The van der Waals surface area contributed by atoms with E-state index in [-0.39, 0.29) is 17.3 Å². The molecule has 116 valence electrons. The van der Waals surface area contributed by atoms with Gasteiger partial charge in [-0.1, -0.05) is 11.6 Å². The van der Waals surface area contributed by atoms with Gasteiger partial charge in [-0.2, -0.15) is 0 Å². The van der Waals surface area contributed by atoms with Gasteiger partial charge in [-0.05, 0) is 52.5 Å². The number of carbonyl (C=O) groups excluding carboxylic acids is 2. The van der Waals surface area contributed by atoms with E-state index in [1.807, 2.05) is 13.0 Å². The van der Waals surface area contributed by atoms with Crippen molar-refractivity contribution >= 4 is 11.6 Å². The highest BCUT2D eigenvalue weighted by atomic mass is 16.5. The third-order valence-electron chi connectivity index (χ3n) is 3.36. The van der Waals surface area contributed by atoms with Gasteiger partial charge in [0.25, 0.3) is 0 Å². The van der Waals surface area contributed by atoms with Crippen LogP contribution in [-0.4, -0.2) is 29.4 Å². The highest BCUT2D eigenvalue weighted by Gasteiger charge is 2.21. The molecule has 4 nitrogen and oxygen atoms in total. The van der Waals surface area contributed by atoms with Crippen LogP contribution < -0.4 is 0 Å². The first-order valence-electron chi connectivity index (χ1n) is 7.16. The lowest BCUT2D eigenvalue weighted by Gasteiger charge is -2.16. The summed E-state index contributed by atoms with van der Waals surface area (Å²) in [5.41, 5.74) is 0.960. The number of hydrogen-bond donors (Lipinski definition) is 1. The molecule has 1 aliphatic carbocycles. The van der Waals surface area contributed by atoms with Gasteiger partial charge >= 0.3 is 0 Å². The highest BCUT2D eigenvalue weighted by molar-refractivity contribution is 6.19. The lowest BCUT2D eigenvalue weighted by atomic mass is 9.96. The monoisotopic (exact) mass is 292 g/mol. The Balaban J connectivity index is 2.55. The van der Waals surface area contributed by atoms with E-state index in [2.05, 4.69) is 0 Å². The largest absolute Gasteiger partial charge is 0.493 e. The van der Waals surface area contributed by atoms with Crippen LogP contribution in [0.5, 0.6) is 0 Å². The van der Waals surface area contributed by atoms with Crippen molar-refractivity contribution in [3.8, 4) is 0 Å². The van der Waals surface area contributed by atoms with Crippen molar-refractivity contribution in [1.82, 2.24) is 0 Å². The van der Waals surface area contributed by atoms with Crippen LogP contribution in [-0.2, 0) is 14.3 Å². The lowest BCUT2D eigenvalue weighted by molar-refractivity contribution is -0.117. The molecule has 1 N–H and O–H groups in total. The van der Waals surface area contributed by atoms with Gasteiger partial charge in [-0.15, -0.1) is 0 Å². The Kier molecular flexibility index (Phi) is 6.09. The number of Topliss-reactive ketones (excluding diaryl/α,β-unsaturated/α-hetero) is 1. The number of aliphatic hydroxyl groups is 1. The van der Waals surface area contributed by atoms with Gasteiger partial charge in [-0.3, -0.25) is 9.59 Å². The summed E-state index contributed by atoms with van der Waals surface area (Å²) in [7, 11) is 1.39. The molecular formula is C17H24O4. The maximum atomic E-state index is 12.0. The first-order valence-corrected chi connectivity index (χ1v) is 7.16.